The minimum Gasteiger partial charge on any atom is -0.381 e. The molecule has 3 N–H and O–H groups in total. The minimum atomic E-state index is -0.217. The third-order valence-corrected chi connectivity index (χ3v) is 3.44. The summed E-state index contributed by atoms with van der Waals surface area (Å²) in [5, 5.41) is 8.62. The Morgan fingerprint density at radius 3 is 2.24 bits per heavy atom. The average molecular weight is 283 g/mol. The van der Waals surface area contributed by atoms with Gasteiger partial charge in [0.25, 0.3) is 0 Å². The van der Waals surface area contributed by atoms with Crippen molar-refractivity contribution in [3.63, 3.8) is 0 Å². The Balaban J connectivity index is 1.94. The molecule has 0 aliphatic carbocycles. The first-order valence-corrected chi connectivity index (χ1v) is 6.97. The lowest BCUT2D eigenvalue weighted by Crippen LogP contribution is -2.24. The van der Waals surface area contributed by atoms with Gasteiger partial charge in [0.05, 0.1) is 0 Å². The van der Waals surface area contributed by atoms with Crippen molar-refractivity contribution >= 4 is 17.4 Å². The molecule has 4 heteroatoms. The normalized spacial score (nSPS) is 10.0. The van der Waals surface area contributed by atoms with Crippen LogP contribution in [-0.2, 0) is 6.54 Å². The molecule has 21 heavy (non-hydrogen) atoms. The summed E-state index contributed by atoms with van der Waals surface area (Å²) in [6, 6.07) is 13.9. The Morgan fingerprint density at radius 2 is 1.62 bits per heavy atom. The molecule has 2 aromatic carbocycles. The van der Waals surface area contributed by atoms with E-state index in [9.17, 15) is 4.79 Å². The number of hydrogen-bond donors (Lipinski definition) is 3. The van der Waals surface area contributed by atoms with E-state index in [2.05, 4.69) is 48.0 Å². The summed E-state index contributed by atoms with van der Waals surface area (Å²) in [5.41, 5.74) is 5.66. The molecule has 2 aromatic rings. The van der Waals surface area contributed by atoms with Gasteiger partial charge < -0.3 is 16.0 Å². The fraction of sp³-hybridized carbons (Fsp3) is 0.235. The van der Waals surface area contributed by atoms with Crippen LogP contribution >= 0.6 is 0 Å². The number of amides is 2. The van der Waals surface area contributed by atoms with E-state index in [1.165, 1.54) is 16.7 Å². The van der Waals surface area contributed by atoms with Crippen LogP contribution in [0.4, 0.5) is 16.2 Å². The SMILES string of the molecule is CNC(=O)Nc1ccc(NCc2ccc(C)c(C)c2)cc1. The molecule has 110 valence electrons. The van der Waals surface area contributed by atoms with E-state index < -0.39 is 0 Å². The number of carbonyl (C=O) groups excluding carboxylic acids is 1. The number of carbonyl (C=O) groups is 1. The van der Waals surface area contributed by atoms with E-state index in [0.29, 0.717) is 0 Å². The highest BCUT2D eigenvalue weighted by molar-refractivity contribution is 5.89. The second-order valence-electron chi connectivity index (χ2n) is 5.05. The van der Waals surface area contributed by atoms with Gasteiger partial charge in [-0.15, -0.1) is 0 Å². The molecule has 0 saturated carbocycles. The van der Waals surface area contributed by atoms with Gasteiger partial charge in [-0.2, -0.15) is 0 Å². The van der Waals surface area contributed by atoms with Gasteiger partial charge in [0, 0.05) is 25.0 Å². The van der Waals surface area contributed by atoms with Crippen molar-refractivity contribution in [1.82, 2.24) is 5.32 Å². The van der Waals surface area contributed by atoms with Crippen LogP contribution in [0.2, 0.25) is 0 Å². The summed E-state index contributed by atoms with van der Waals surface area (Å²) >= 11 is 0. The van der Waals surface area contributed by atoms with Crippen LogP contribution in [0, 0.1) is 13.8 Å². The number of urea groups is 1. The molecule has 0 aromatic heterocycles. The first-order valence-electron chi connectivity index (χ1n) is 6.97. The predicted octanol–water partition coefficient (Wildman–Crippen LogP) is 3.67. The highest BCUT2D eigenvalue weighted by Gasteiger charge is 2.00. The first-order chi connectivity index (χ1) is 10.1. The summed E-state index contributed by atoms with van der Waals surface area (Å²) < 4.78 is 0. The van der Waals surface area contributed by atoms with Crippen LogP contribution in [0.5, 0.6) is 0 Å². The lowest BCUT2D eigenvalue weighted by Gasteiger charge is -2.10. The Hall–Kier alpha value is -2.49. The van der Waals surface area contributed by atoms with Crippen LogP contribution in [-0.4, -0.2) is 13.1 Å². The van der Waals surface area contributed by atoms with Crippen molar-refractivity contribution in [3.05, 3.63) is 59.2 Å². The van der Waals surface area contributed by atoms with Crippen LogP contribution < -0.4 is 16.0 Å². The van der Waals surface area contributed by atoms with Crippen molar-refractivity contribution in [2.24, 2.45) is 0 Å². The largest absolute Gasteiger partial charge is 0.381 e. The molecule has 0 aliphatic rings. The Labute approximate surface area is 125 Å². The van der Waals surface area contributed by atoms with E-state index in [1.807, 2.05) is 24.3 Å². The fourth-order valence-corrected chi connectivity index (χ4v) is 1.98. The van der Waals surface area contributed by atoms with E-state index >= 15 is 0 Å². The van der Waals surface area contributed by atoms with Crippen LogP contribution in [0.1, 0.15) is 16.7 Å². The number of anilines is 2. The standard InChI is InChI=1S/C17H21N3O/c1-12-4-5-14(10-13(12)2)11-19-15-6-8-16(9-7-15)20-17(21)18-3/h4-10,19H,11H2,1-3H3,(H2,18,20,21). The molecule has 4 nitrogen and oxygen atoms in total. The number of nitrogens with one attached hydrogen (secondary N) is 3. The number of rotatable bonds is 4. The van der Waals surface area contributed by atoms with E-state index in [0.717, 1.165) is 17.9 Å². The van der Waals surface area contributed by atoms with Gasteiger partial charge in [0.2, 0.25) is 0 Å². The topological polar surface area (TPSA) is 53.2 Å². The highest BCUT2D eigenvalue weighted by Crippen LogP contribution is 2.15. The molecule has 0 bridgehead atoms. The minimum absolute atomic E-state index is 0.217. The first kappa shape index (κ1) is 14.9. The van der Waals surface area contributed by atoms with Crippen LogP contribution in [0.25, 0.3) is 0 Å². The van der Waals surface area contributed by atoms with E-state index in [-0.39, 0.29) is 6.03 Å². The lowest BCUT2D eigenvalue weighted by molar-refractivity contribution is 0.254. The third-order valence-electron chi connectivity index (χ3n) is 3.44. The maximum atomic E-state index is 11.2. The monoisotopic (exact) mass is 283 g/mol. The van der Waals surface area contributed by atoms with Gasteiger partial charge in [-0.1, -0.05) is 18.2 Å². The molecule has 0 aliphatic heterocycles. The van der Waals surface area contributed by atoms with Crippen molar-refractivity contribution < 1.29 is 4.79 Å². The Kier molecular flexibility index (Phi) is 4.82. The molecule has 2 rings (SSSR count). The zero-order valence-electron chi connectivity index (χ0n) is 12.7. The van der Waals surface area contributed by atoms with Gasteiger partial charge in [0.1, 0.15) is 0 Å². The van der Waals surface area contributed by atoms with Crippen molar-refractivity contribution in [2.45, 2.75) is 20.4 Å². The molecule has 0 fully saturated rings. The summed E-state index contributed by atoms with van der Waals surface area (Å²) in [5.74, 6) is 0. The molecule has 0 unspecified atom stereocenters. The van der Waals surface area contributed by atoms with Crippen molar-refractivity contribution in [2.75, 3.05) is 17.7 Å². The van der Waals surface area contributed by atoms with Crippen molar-refractivity contribution in [1.29, 1.82) is 0 Å². The Morgan fingerprint density at radius 1 is 0.952 bits per heavy atom. The summed E-state index contributed by atoms with van der Waals surface area (Å²) in [4.78, 5) is 11.2. The Bertz CT molecular complexity index is 620. The number of aryl methyl sites for hydroxylation is 2. The second-order valence-corrected chi connectivity index (χ2v) is 5.05. The average Bonchev–Trinajstić information content (AvgIpc) is 2.50. The van der Waals surface area contributed by atoms with E-state index in [1.54, 1.807) is 7.05 Å². The molecule has 0 saturated heterocycles. The van der Waals surface area contributed by atoms with Crippen LogP contribution in [0.15, 0.2) is 42.5 Å². The van der Waals surface area contributed by atoms with Crippen LogP contribution in [0.3, 0.4) is 0 Å². The quantitative estimate of drug-likeness (QED) is 0.802. The van der Waals surface area contributed by atoms with Gasteiger partial charge >= 0.3 is 6.03 Å². The smallest absolute Gasteiger partial charge is 0.318 e. The van der Waals surface area contributed by atoms with Gasteiger partial charge in [0.15, 0.2) is 0 Å². The molecular formula is C17H21N3O. The lowest BCUT2D eigenvalue weighted by atomic mass is 10.1. The molecule has 2 amide bonds. The fourth-order valence-electron chi connectivity index (χ4n) is 1.98. The highest BCUT2D eigenvalue weighted by atomic mass is 16.2. The predicted molar refractivity (Wildman–Crippen MR) is 87.8 cm³/mol. The van der Waals surface area contributed by atoms with Crippen molar-refractivity contribution in [3.8, 4) is 0 Å². The zero-order chi connectivity index (χ0) is 15.2. The maximum absolute atomic E-state index is 11.2. The second kappa shape index (κ2) is 6.79. The number of hydrogen-bond acceptors (Lipinski definition) is 2. The summed E-state index contributed by atoms with van der Waals surface area (Å²) in [7, 11) is 1.59. The maximum Gasteiger partial charge on any atom is 0.318 e. The summed E-state index contributed by atoms with van der Waals surface area (Å²) in [6.45, 7) is 5.02. The van der Waals surface area contributed by atoms with Gasteiger partial charge in [-0.3, -0.25) is 0 Å². The zero-order valence-corrected chi connectivity index (χ0v) is 12.7. The molecule has 0 atom stereocenters. The number of benzene rings is 2. The van der Waals surface area contributed by atoms with Gasteiger partial charge in [-0.25, -0.2) is 4.79 Å². The van der Waals surface area contributed by atoms with E-state index in [4.69, 9.17) is 0 Å². The molecule has 0 radical (unpaired) electrons. The summed E-state index contributed by atoms with van der Waals surface area (Å²) in [6.07, 6.45) is 0. The molecular weight excluding hydrogens is 262 g/mol. The molecule has 0 heterocycles. The molecule has 0 spiro atoms. The van der Waals surface area contributed by atoms with Gasteiger partial charge in [-0.05, 0) is 54.8 Å². The third kappa shape index (κ3) is 4.24.